The number of hydrogen-bond donors (Lipinski definition) is 0. The summed E-state index contributed by atoms with van der Waals surface area (Å²) < 4.78 is 0. The quantitative estimate of drug-likeness (QED) is 0.164. The van der Waals surface area contributed by atoms with Crippen LogP contribution in [0.25, 0.3) is 76.8 Å². The largest absolute Gasteiger partial charge is 0.309 e. The molecule has 0 amide bonds. The van der Waals surface area contributed by atoms with E-state index in [-0.39, 0.29) is 5.41 Å². The van der Waals surface area contributed by atoms with Gasteiger partial charge in [-0.05, 0) is 125 Å². The van der Waals surface area contributed by atoms with Crippen LogP contribution in [0, 0.1) is 0 Å². The van der Waals surface area contributed by atoms with Crippen LogP contribution in [0.15, 0.2) is 212 Å². The molecule has 1 aliphatic rings. The minimum absolute atomic E-state index is 0.135. The molecule has 0 radical (unpaired) electrons. The summed E-state index contributed by atoms with van der Waals surface area (Å²) in [5.74, 6) is 0. The summed E-state index contributed by atoms with van der Waals surface area (Å²) in [6, 6.07) is 78.5. The molecule has 1 aliphatic carbocycles. The van der Waals surface area contributed by atoms with Crippen LogP contribution in [0.3, 0.4) is 0 Å². The van der Waals surface area contributed by atoms with Gasteiger partial charge in [0.25, 0.3) is 0 Å². The van der Waals surface area contributed by atoms with E-state index in [9.17, 15) is 0 Å². The van der Waals surface area contributed by atoms with Crippen molar-refractivity contribution in [1.82, 2.24) is 0 Å². The van der Waals surface area contributed by atoms with E-state index in [2.05, 4.69) is 231 Å². The summed E-state index contributed by atoms with van der Waals surface area (Å²) in [4.78, 5) is 2.53. The van der Waals surface area contributed by atoms with Crippen LogP contribution in [0.4, 0.5) is 17.1 Å². The molecule has 58 heavy (non-hydrogen) atoms. The van der Waals surface area contributed by atoms with Gasteiger partial charge in [0.05, 0.1) is 11.4 Å². The number of nitrogens with zero attached hydrogens (tertiary/aromatic N) is 1. The molecule has 0 saturated carbocycles. The van der Waals surface area contributed by atoms with Crippen molar-refractivity contribution in [1.29, 1.82) is 0 Å². The minimum atomic E-state index is -0.135. The Balaban J connectivity index is 1.23. The van der Waals surface area contributed by atoms with Crippen molar-refractivity contribution in [2.75, 3.05) is 4.90 Å². The molecule has 10 aromatic carbocycles. The van der Waals surface area contributed by atoms with E-state index in [0.29, 0.717) is 0 Å². The molecule has 0 heterocycles. The van der Waals surface area contributed by atoms with Gasteiger partial charge in [0.15, 0.2) is 0 Å². The van der Waals surface area contributed by atoms with Gasteiger partial charge in [0.1, 0.15) is 0 Å². The van der Waals surface area contributed by atoms with Crippen LogP contribution in [-0.4, -0.2) is 0 Å². The number of fused-ring (bicyclic) bond motifs is 6. The maximum Gasteiger partial charge on any atom is 0.0546 e. The van der Waals surface area contributed by atoms with E-state index in [4.69, 9.17) is 0 Å². The lowest BCUT2D eigenvalue weighted by atomic mass is 9.82. The maximum absolute atomic E-state index is 2.53. The Kier molecular flexibility index (Phi) is 7.91. The van der Waals surface area contributed by atoms with Gasteiger partial charge in [-0.25, -0.2) is 0 Å². The first-order valence-corrected chi connectivity index (χ1v) is 20.3. The molecule has 0 spiro atoms. The summed E-state index contributed by atoms with van der Waals surface area (Å²) in [5, 5.41) is 7.45. The SMILES string of the molecule is CC1(C)c2ccc(N(c3ccc(-c4ccccc4)cc3-c3ccccc3)c3ccc4ccccc4c3-c3ccc4ccccc4c3)cc2-c2cc3ccccc3cc21. The molecule has 0 atom stereocenters. The summed E-state index contributed by atoms with van der Waals surface area (Å²) in [6.07, 6.45) is 0. The van der Waals surface area contributed by atoms with Gasteiger partial charge in [0.2, 0.25) is 0 Å². The zero-order valence-electron chi connectivity index (χ0n) is 32.7. The van der Waals surface area contributed by atoms with Crippen molar-refractivity contribution >= 4 is 49.4 Å². The van der Waals surface area contributed by atoms with Gasteiger partial charge in [-0.2, -0.15) is 0 Å². The Morgan fingerprint density at radius 3 is 1.66 bits per heavy atom. The van der Waals surface area contributed by atoms with E-state index in [1.165, 1.54) is 88.0 Å². The Labute approximate surface area is 340 Å². The predicted octanol–water partition coefficient (Wildman–Crippen LogP) is 15.9. The second-order valence-corrected chi connectivity index (χ2v) is 16.1. The minimum Gasteiger partial charge on any atom is -0.309 e. The Bertz CT molecular complexity index is 3190. The molecule has 274 valence electrons. The number of anilines is 3. The maximum atomic E-state index is 2.53. The van der Waals surface area contributed by atoms with E-state index >= 15 is 0 Å². The second kappa shape index (κ2) is 13.5. The fourth-order valence-electron chi connectivity index (χ4n) is 9.46. The van der Waals surface area contributed by atoms with Gasteiger partial charge in [0, 0.05) is 22.2 Å². The third-order valence-electron chi connectivity index (χ3n) is 12.4. The smallest absolute Gasteiger partial charge is 0.0546 e. The molecular formula is C57H41N. The van der Waals surface area contributed by atoms with Crippen LogP contribution in [0.5, 0.6) is 0 Å². The fraction of sp³-hybridized carbons (Fsp3) is 0.0526. The summed E-state index contributed by atoms with van der Waals surface area (Å²) >= 11 is 0. The first kappa shape index (κ1) is 34.1. The third kappa shape index (κ3) is 5.54. The standard InChI is InChI=1S/C57H41N/c1-57(2)52-30-29-47(37-51(52)50-35-43-22-11-12-23-44(43)36-53(50)57)58(54-31-28-45(38-15-5-3-6-16-38)34-49(54)40-18-7-4-8-19-40)55-32-27-41-20-13-14-24-48(41)56(55)46-26-25-39-17-9-10-21-42(39)33-46/h3-37H,1-2H3. The monoisotopic (exact) mass is 739 g/mol. The van der Waals surface area contributed by atoms with Gasteiger partial charge < -0.3 is 4.90 Å². The van der Waals surface area contributed by atoms with Crippen molar-refractivity contribution in [3.63, 3.8) is 0 Å². The number of hydrogen-bond acceptors (Lipinski definition) is 1. The van der Waals surface area contributed by atoms with Gasteiger partial charge in [-0.3, -0.25) is 0 Å². The van der Waals surface area contributed by atoms with Crippen LogP contribution in [0.1, 0.15) is 25.0 Å². The molecular weight excluding hydrogens is 699 g/mol. The average molecular weight is 740 g/mol. The second-order valence-electron chi connectivity index (χ2n) is 16.1. The fourth-order valence-corrected chi connectivity index (χ4v) is 9.46. The zero-order valence-corrected chi connectivity index (χ0v) is 32.7. The zero-order chi connectivity index (χ0) is 38.8. The number of rotatable bonds is 6. The molecule has 11 rings (SSSR count). The number of benzene rings is 10. The third-order valence-corrected chi connectivity index (χ3v) is 12.4. The molecule has 0 fully saturated rings. The van der Waals surface area contributed by atoms with E-state index in [1.54, 1.807) is 0 Å². The topological polar surface area (TPSA) is 3.24 Å². The summed E-state index contributed by atoms with van der Waals surface area (Å²) in [7, 11) is 0. The first-order valence-electron chi connectivity index (χ1n) is 20.3. The van der Waals surface area contributed by atoms with Crippen LogP contribution in [0.2, 0.25) is 0 Å². The molecule has 0 aromatic heterocycles. The van der Waals surface area contributed by atoms with Gasteiger partial charge >= 0.3 is 0 Å². The highest BCUT2D eigenvalue weighted by Crippen LogP contribution is 2.54. The van der Waals surface area contributed by atoms with E-state index in [1.807, 2.05) is 0 Å². The summed E-state index contributed by atoms with van der Waals surface area (Å²) in [6.45, 7) is 4.75. The molecule has 0 saturated heterocycles. The van der Waals surface area contributed by atoms with Crippen LogP contribution < -0.4 is 4.90 Å². The average Bonchev–Trinajstić information content (AvgIpc) is 3.50. The molecule has 0 bridgehead atoms. The van der Waals surface area contributed by atoms with Crippen molar-refractivity contribution in [3.8, 4) is 44.5 Å². The van der Waals surface area contributed by atoms with Gasteiger partial charge in [-0.15, -0.1) is 0 Å². The molecule has 0 aliphatic heterocycles. The van der Waals surface area contributed by atoms with E-state index < -0.39 is 0 Å². The molecule has 0 unspecified atom stereocenters. The van der Waals surface area contributed by atoms with Crippen molar-refractivity contribution in [2.24, 2.45) is 0 Å². The van der Waals surface area contributed by atoms with Crippen LogP contribution in [-0.2, 0) is 5.41 Å². The molecule has 0 N–H and O–H groups in total. The first-order chi connectivity index (χ1) is 28.5. The highest BCUT2D eigenvalue weighted by molar-refractivity contribution is 6.08. The lowest BCUT2D eigenvalue weighted by Gasteiger charge is -2.32. The van der Waals surface area contributed by atoms with Crippen molar-refractivity contribution in [2.45, 2.75) is 19.3 Å². The normalized spacial score (nSPS) is 12.8. The molecule has 1 nitrogen and oxygen atoms in total. The Morgan fingerprint density at radius 1 is 0.328 bits per heavy atom. The highest BCUT2D eigenvalue weighted by Gasteiger charge is 2.36. The van der Waals surface area contributed by atoms with Crippen molar-refractivity contribution in [3.05, 3.63) is 223 Å². The Hall–Kier alpha value is -7.22. The van der Waals surface area contributed by atoms with Gasteiger partial charge in [-0.1, -0.05) is 178 Å². The molecule has 10 aromatic rings. The molecule has 1 heteroatoms. The van der Waals surface area contributed by atoms with Crippen LogP contribution >= 0.6 is 0 Å². The Morgan fingerprint density at radius 2 is 0.897 bits per heavy atom. The van der Waals surface area contributed by atoms with Crippen molar-refractivity contribution < 1.29 is 0 Å². The highest BCUT2D eigenvalue weighted by atomic mass is 15.1. The lowest BCUT2D eigenvalue weighted by molar-refractivity contribution is 0.661. The predicted molar refractivity (Wildman–Crippen MR) is 248 cm³/mol. The lowest BCUT2D eigenvalue weighted by Crippen LogP contribution is -2.16. The van der Waals surface area contributed by atoms with E-state index in [0.717, 1.165) is 17.1 Å². The summed E-state index contributed by atoms with van der Waals surface area (Å²) in [5.41, 5.74) is 15.7.